The standard InChI is InChI=1S/C20H18O4S/c1-21-15-6-8-19-14(11-15)12-16(25-19)7-5-13-9-17(22-2)20(24-4)18(10-13)23-3/h6,8-12H,1-4H3. The van der Waals surface area contributed by atoms with E-state index < -0.39 is 0 Å². The van der Waals surface area contributed by atoms with Gasteiger partial charge < -0.3 is 18.9 Å². The van der Waals surface area contributed by atoms with Crippen molar-refractivity contribution in [3.63, 3.8) is 0 Å². The summed E-state index contributed by atoms with van der Waals surface area (Å²) in [6.07, 6.45) is 0. The molecule has 0 fully saturated rings. The van der Waals surface area contributed by atoms with Gasteiger partial charge in [-0.25, -0.2) is 0 Å². The zero-order valence-corrected chi connectivity index (χ0v) is 15.3. The second kappa shape index (κ2) is 7.37. The van der Waals surface area contributed by atoms with Gasteiger partial charge in [-0.3, -0.25) is 0 Å². The maximum atomic E-state index is 5.36. The predicted molar refractivity (Wildman–Crippen MR) is 100 cm³/mol. The molecule has 2 aromatic carbocycles. The van der Waals surface area contributed by atoms with Crippen LogP contribution in [0.15, 0.2) is 36.4 Å². The van der Waals surface area contributed by atoms with Gasteiger partial charge >= 0.3 is 0 Å². The largest absolute Gasteiger partial charge is 0.497 e. The third kappa shape index (κ3) is 3.49. The maximum Gasteiger partial charge on any atom is 0.203 e. The highest BCUT2D eigenvalue weighted by molar-refractivity contribution is 7.19. The van der Waals surface area contributed by atoms with E-state index in [0.29, 0.717) is 17.2 Å². The van der Waals surface area contributed by atoms with Crippen LogP contribution in [0.3, 0.4) is 0 Å². The molecule has 128 valence electrons. The van der Waals surface area contributed by atoms with Crippen LogP contribution < -0.4 is 18.9 Å². The van der Waals surface area contributed by atoms with Crippen LogP contribution in [0.2, 0.25) is 0 Å². The van der Waals surface area contributed by atoms with Gasteiger partial charge in [0, 0.05) is 10.3 Å². The minimum atomic E-state index is 0.560. The first-order valence-electron chi connectivity index (χ1n) is 7.58. The van der Waals surface area contributed by atoms with Crippen molar-refractivity contribution in [2.45, 2.75) is 0 Å². The summed E-state index contributed by atoms with van der Waals surface area (Å²) in [6, 6.07) is 11.7. The van der Waals surface area contributed by atoms with Gasteiger partial charge in [-0.2, -0.15) is 0 Å². The SMILES string of the molecule is COc1ccc2sc(C#Cc3cc(OC)c(OC)c(OC)c3)cc2c1. The Morgan fingerprint density at radius 2 is 1.48 bits per heavy atom. The van der Waals surface area contributed by atoms with E-state index in [0.717, 1.165) is 21.6 Å². The summed E-state index contributed by atoms with van der Waals surface area (Å²) in [5.74, 6) is 8.95. The average Bonchev–Trinajstić information content (AvgIpc) is 3.07. The van der Waals surface area contributed by atoms with E-state index in [4.69, 9.17) is 18.9 Å². The van der Waals surface area contributed by atoms with Crippen LogP contribution in [0.4, 0.5) is 0 Å². The summed E-state index contributed by atoms with van der Waals surface area (Å²) < 4.78 is 22.5. The molecular formula is C20H18O4S. The van der Waals surface area contributed by atoms with Crippen LogP contribution in [0, 0.1) is 11.8 Å². The maximum absolute atomic E-state index is 5.36. The van der Waals surface area contributed by atoms with Gasteiger partial charge in [0.1, 0.15) is 5.75 Å². The molecule has 4 nitrogen and oxygen atoms in total. The van der Waals surface area contributed by atoms with E-state index in [9.17, 15) is 0 Å². The molecule has 0 spiro atoms. The highest BCUT2D eigenvalue weighted by Gasteiger charge is 2.12. The Hall–Kier alpha value is -2.84. The summed E-state index contributed by atoms with van der Waals surface area (Å²) in [5.41, 5.74) is 0.796. The lowest BCUT2D eigenvalue weighted by molar-refractivity contribution is 0.324. The zero-order chi connectivity index (χ0) is 17.8. The first kappa shape index (κ1) is 17.0. The molecule has 0 N–H and O–H groups in total. The van der Waals surface area contributed by atoms with Crippen molar-refractivity contribution in [2.24, 2.45) is 0 Å². The Kier molecular flexibility index (Phi) is 5.01. The molecule has 0 saturated carbocycles. The normalized spacial score (nSPS) is 10.1. The third-order valence-corrected chi connectivity index (χ3v) is 4.75. The molecule has 3 aromatic rings. The molecule has 1 aromatic heterocycles. The molecule has 0 aliphatic rings. The van der Waals surface area contributed by atoms with Crippen LogP contribution in [-0.2, 0) is 0 Å². The summed E-state index contributed by atoms with van der Waals surface area (Å²) in [7, 11) is 6.43. The number of rotatable bonds is 4. The van der Waals surface area contributed by atoms with E-state index >= 15 is 0 Å². The van der Waals surface area contributed by atoms with E-state index in [-0.39, 0.29) is 0 Å². The van der Waals surface area contributed by atoms with Gasteiger partial charge in [-0.15, -0.1) is 11.3 Å². The minimum absolute atomic E-state index is 0.560. The Labute approximate surface area is 150 Å². The lowest BCUT2D eigenvalue weighted by Gasteiger charge is -2.12. The fraction of sp³-hybridized carbons (Fsp3) is 0.200. The van der Waals surface area contributed by atoms with Crippen molar-refractivity contribution in [3.8, 4) is 34.8 Å². The second-order valence-electron chi connectivity index (χ2n) is 5.18. The molecule has 0 bridgehead atoms. The van der Waals surface area contributed by atoms with Gasteiger partial charge in [0.2, 0.25) is 5.75 Å². The van der Waals surface area contributed by atoms with Crippen LogP contribution in [-0.4, -0.2) is 28.4 Å². The number of thiophene rings is 1. The number of methoxy groups -OCH3 is 4. The molecular weight excluding hydrogens is 336 g/mol. The highest BCUT2D eigenvalue weighted by Crippen LogP contribution is 2.38. The van der Waals surface area contributed by atoms with Crippen LogP contribution >= 0.6 is 11.3 Å². The predicted octanol–water partition coefficient (Wildman–Crippen LogP) is 4.34. The molecule has 0 amide bonds. The molecule has 0 aliphatic heterocycles. The molecule has 0 saturated heterocycles. The van der Waals surface area contributed by atoms with E-state index in [1.54, 1.807) is 39.8 Å². The van der Waals surface area contributed by atoms with Crippen molar-refractivity contribution < 1.29 is 18.9 Å². The number of hydrogen-bond acceptors (Lipinski definition) is 5. The van der Waals surface area contributed by atoms with Crippen LogP contribution in [0.1, 0.15) is 10.4 Å². The summed E-state index contributed by atoms with van der Waals surface area (Å²) >= 11 is 1.65. The van der Waals surface area contributed by atoms with E-state index in [1.165, 1.54) is 4.70 Å². The zero-order valence-electron chi connectivity index (χ0n) is 14.5. The molecule has 0 aliphatic carbocycles. The summed E-state index contributed by atoms with van der Waals surface area (Å²) in [6.45, 7) is 0. The molecule has 5 heteroatoms. The van der Waals surface area contributed by atoms with Crippen molar-refractivity contribution in [1.29, 1.82) is 0 Å². The monoisotopic (exact) mass is 354 g/mol. The minimum Gasteiger partial charge on any atom is -0.497 e. The number of fused-ring (bicyclic) bond motifs is 1. The molecule has 1 heterocycles. The smallest absolute Gasteiger partial charge is 0.203 e. The van der Waals surface area contributed by atoms with Gasteiger partial charge in [0.25, 0.3) is 0 Å². The van der Waals surface area contributed by atoms with Gasteiger partial charge in [0.15, 0.2) is 11.5 Å². The van der Waals surface area contributed by atoms with Crippen LogP contribution in [0.25, 0.3) is 10.1 Å². The number of benzene rings is 2. The van der Waals surface area contributed by atoms with Gasteiger partial charge in [-0.05, 0) is 41.8 Å². The first-order chi connectivity index (χ1) is 12.2. The third-order valence-electron chi connectivity index (χ3n) is 3.72. The van der Waals surface area contributed by atoms with Gasteiger partial charge in [0.05, 0.1) is 33.3 Å². The molecule has 25 heavy (non-hydrogen) atoms. The van der Waals surface area contributed by atoms with Gasteiger partial charge in [-0.1, -0.05) is 11.8 Å². The fourth-order valence-electron chi connectivity index (χ4n) is 2.50. The molecule has 3 rings (SSSR count). The van der Waals surface area contributed by atoms with E-state index in [2.05, 4.69) is 17.9 Å². The average molecular weight is 354 g/mol. The number of hydrogen-bond donors (Lipinski definition) is 0. The van der Waals surface area contributed by atoms with Crippen molar-refractivity contribution >= 4 is 21.4 Å². The Bertz CT molecular complexity index is 938. The Morgan fingerprint density at radius 1 is 0.760 bits per heavy atom. The Balaban J connectivity index is 1.98. The van der Waals surface area contributed by atoms with E-state index in [1.807, 2.05) is 30.3 Å². The Morgan fingerprint density at radius 3 is 2.08 bits per heavy atom. The molecule has 0 atom stereocenters. The molecule has 0 radical (unpaired) electrons. The first-order valence-corrected chi connectivity index (χ1v) is 8.39. The second-order valence-corrected chi connectivity index (χ2v) is 6.26. The lowest BCUT2D eigenvalue weighted by atomic mass is 10.2. The summed E-state index contributed by atoms with van der Waals surface area (Å²) in [5, 5.41) is 1.12. The summed E-state index contributed by atoms with van der Waals surface area (Å²) in [4.78, 5) is 0.983. The molecule has 0 unspecified atom stereocenters. The lowest BCUT2D eigenvalue weighted by Crippen LogP contribution is -1.95. The topological polar surface area (TPSA) is 36.9 Å². The highest BCUT2D eigenvalue weighted by atomic mass is 32.1. The van der Waals surface area contributed by atoms with Crippen LogP contribution in [0.5, 0.6) is 23.0 Å². The quantitative estimate of drug-likeness (QED) is 0.653. The number of ether oxygens (including phenoxy) is 4. The van der Waals surface area contributed by atoms with Crippen molar-refractivity contribution in [2.75, 3.05) is 28.4 Å². The fourth-order valence-corrected chi connectivity index (χ4v) is 3.39. The van der Waals surface area contributed by atoms with Crippen molar-refractivity contribution in [3.05, 3.63) is 46.8 Å². The van der Waals surface area contributed by atoms with Crippen molar-refractivity contribution in [1.82, 2.24) is 0 Å².